The van der Waals surface area contributed by atoms with Gasteiger partial charge in [-0.05, 0) is 31.5 Å². The van der Waals surface area contributed by atoms with Crippen molar-refractivity contribution >= 4 is 16.7 Å². The maximum Gasteiger partial charge on any atom is 0.257 e. The lowest BCUT2D eigenvalue weighted by Gasteiger charge is -2.20. The van der Waals surface area contributed by atoms with E-state index in [1.807, 2.05) is 44.4 Å². The summed E-state index contributed by atoms with van der Waals surface area (Å²) in [6.45, 7) is 2.04. The summed E-state index contributed by atoms with van der Waals surface area (Å²) in [5.74, 6) is 0.197. The number of hydrogen-bond donors (Lipinski definition) is 2. The predicted octanol–water partition coefficient (Wildman–Crippen LogP) is 1.79. The number of aliphatic hydroxyl groups is 1. The highest BCUT2D eigenvalue weighted by atomic mass is 16.3. The van der Waals surface area contributed by atoms with Crippen LogP contribution < -0.4 is 0 Å². The molecule has 0 bridgehead atoms. The lowest BCUT2D eigenvalue weighted by Crippen LogP contribution is -2.30. The van der Waals surface area contributed by atoms with Crippen LogP contribution >= 0.6 is 0 Å². The van der Waals surface area contributed by atoms with Crippen molar-refractivity contribution in [2.75, 3.05) is 40.3 Å². The van der Waals surface area contributed by atoms with Crippen molar-refractivity contribution in [2.45, 2.75) is 0 Å². The first-order valence-electron chi connectivity index (χ1n) is 8.27. The number of aromatic hydroxyl groups is 1. The summed E-state index contributed by atoms with van der Waals surface area (Å²) in [5, 5.41) is 21.7. The molecule has 2 unspecified atom stereocenters. The summed E-state index contributed by atoms with van der Waals surface area (Å²) in [7, 11) is 3.99. The fourth-order valence-electron chi connectivity index (χ4n) is 3.59. The second-order valence-electron chi connectivity index (χ2n) is 6.86. The third kappa shape index (κ3) is 3.09. The number of fused-ring (bicyclic) bond motifs is 1. The van der Waals surface area contributed by atoms with Crippen molar-refractivity contribution in [3.8, 4) is 5.75 Å². The molecule has 1 fully saturated rings. The molecule has 3 rings (SSSR count). The van der Waals surface area contributed by atoms with Crippen LogP contribution in [-0.4, -0.2) is 66.3 Å². The van der Waals surface area contributed by atoms with Crippen molar-refractivity contribution < 1.29 is 15.0 Å². The smallest absolute Gasteiger partial charge is 0.257 e. The zero-order valence-electron chi connectivity index (χ0n) is 14.1. The van der Waals surface area contributed by atoms with Gasteiger partial charge in [0.1, 0.15) is 5.75 Å². The zero-order chi connectivity index (χ0) is 17.3. The molecule has 5 heteroatoms. The molecule has 2 N–H and O–H groups in total. The molecule has 0 spiro atoms. The van der Waals surface area contributed by atoms with Gasteiger partial charge in [0.2, 0.25) is 0 Å². The lowest BCUT2D eigenvalue weighted by atomic mass is 9.97. The number of benzene rings is 2. The maximum absolute atomic E-state index is 12.9. The topological polar surface area (TPSA) is 64.0 Å². The van der Waals surface area contributed by atoms with E-state index in [0.717, 1.165) is 11.9 Å². The van der Waals surface area contributed by atoms with Crippen LogP contribution in [0.5, 0.6) is 5.75 Å². The van der Waals surface area contributed by atoms with E-state index in [1.165, 1.54) is 0 Å². The molecule has 0 radical (unpaired) electrons. The first-order chi connectivity index (χ1) is 11.5. The number of hydrogen-bond acceptors (Lipinski definition) is 4. The number of carbonyl (C=O) groups is 1. The Bertz CT molecular complexity index is 744. The Labute approximate surface area is 142 Å². The fourth-order valence-corrected chi connectivity index (χ4v) is 3.59. The zero-order valence-corrected chi connectivity index (χ0v) is 14.1. The Kier molecular flexibility index (Phi) is 4.73. The number of carbonyl (C=O) groups excluding carboxylic acids is 1. The number of amides is 1. The summed E-state index contributed by atoms with van der Waals surface area (Å²) in [6, 6.07) is 11.0. The van der Waals surface area contributed by atoms with Crippen LogP contribution in [0.3, 0.4) is 0 Å². The summed E-state index contributed by atoms with van der Waals surface area (Å²) >= 11 is 0. The van der Waals surface area contributed by atoms with E-state index in [1.54, 1.807) is 11.0 Å². The van der Waals surface area contributed by atoms with E-state index in [2.05, 4.69) is 4.90 Å². The second kappa shape index (κ2) is 6.79. The maximum atomic E-state index is 12.9. The minimum atomic E-state index is -0.169. The third-order valence-electron chi connectivity index (χ3n) is 4.83. The van der Waals surface area contributed by atoms with Crippen LogP contribution in [-0.2, 0) is 0 Å². The SMILES string of the molecule is CN(C)CC1CN(C(=O)c2ccc3ccccc3c2O)CC1CO. The second-order valence-corrected chi connectivity index (χ2v) is 6.86. The Morgan fingerprint density at radius 1 is 1.17 bits per heavy atom. The van der Waals surface area contributed by atoms with Crippen LogP contribution in [0.25, 0.3) is 10.8 Å². The molecule has 24 heavy (non-hydrogen) atoms. The number of phenols is 1. The molecule has 1 amide bonds. The van der Waals surface area contributed by atoms with Gasteiger partial charge in [-0.2, -0.15) is 0 Å². The van der Waals surface area contributed by atoms with E-state index in [4.69, 9.17) is 0 Å². The minimum Gasteiger partial charge on any atom is -0.506 e. The number of likely N-dealkylation sites (tertiary alicyclic amines) is 1. The van der Waals surface area contributed by atoms with Gasteiger partial charge in [0.05, 0.1) is 5.56 Å². The van der Waals surface area contributed by atoms with E-state index < -0.39 is 0 Å². The highest BCUT2D eigenvalue weighted by Gasteiger charge is 2.36. The Morgan fingerprint density at radius 3 is 2.58 bits per heavy atom. The van der Waals surface area contributed by atoms with Gasteiger partial charge in [0.15, 0.2) is 0 Å². The van der Waals surface area contributed by atoms with Crippen molar-refractivity contribution in [1.29, 1.82) is 0 Å². The lowest BCUT2D eigenvalue weighted by molar-refractivity contribution is 0.0777. The van der Waals surface area contributed by atoms with Gasteiger partial charge in [-0.3, -0.25) is 4.79 Å². The Morgan fingerprint density at radius 2 is 1.88 bits per heavy atom. The number of nitrogens with zero attached hydrogens (tertiary/aromatic N) is 2. The Hall–Kier alpha value is -2.11. The van der Waals surface area contributed by atoms with Gasteiger partial charge in [-0.1, -0.05) is 30.3 Å². The molecule has 0 aromatic heterocycles. The van der Waals surface area contributed by atoms with Crippen LogP contribution in [0, 0.1) is 11.8 Å². The van der Waals surface area contributed by atoms with Crippen LogP contribution in [0.1, 0.15) is 10.4 Å². The molecule has 0 aliphatic carbocycles. The quantitative estimate of drug-likeness (QED) is 0.898. The summed E-state index contributed by atoms with van der Waals surface area (Å²) in [5.41, 5.74) is 0.330. The van der Waals surface area contributed by atoms with E-state index >= 15 is 0 Å². The minimum absolute atomic E-state index is 0.0368. The monoisotopic (exact) mass is 328 g/mol. The number of aliphatic hydroxyl groups excluding tert-OH is 1. The molecule has 128 valence electrons. The summed E-state index contributed by atoms with van der Waals surface area (Å²) in [6.07, 6.45) is 0. The van der Waals surface area contributed by atoms with Crippen LogP contribution in [0.2, 0.25) is 0 Å². The standard InChI is InChI=1S/C19H24N2O3/c1-20(2)9-14-10-21(11-15(14)12-22)19(24)17-8-7-13-5-3-4-6-16(13)18(17)23/h3-8,14-15,22-23H,9-12H2,1-2H3. The van der Waals surface area contributed by atoms with Crippen LogP contribution in [0.15, 0.2) is 36.4 Å². The van der Waals surface area contributed by atoms with Gasteiger partial charge in [0, 0.05) is 37.5 Å². The van der Waals surface area contributed by atoms with Gasteiger partial charge in [-0.25, -0.2) is 0 Å². The molecule has 1 aliphatic heterocycles. The van der Waals surface area contributed by atoms with Gasteiger partial charge < -0.3 is 20.0 Å². The molecule has 1 saturated heterocycles. The summed E-state index contributed by atoms with van der Waals surface area (Å²) in [4.78, 5) is 16.7. The van der Waals surface area contributed by atoms with E-state index in [9.17, 15) is 15.0 Å². The van der Waals surface area contributed by atoms with Crippen molar-refractivity contribution in [2.24, 2.45) is 11.8 Å². The molecule has 2 atom stereocenters. The molecular weight excluding hydrogens is 304 g/mol. The highest BCUT2D eigenvalue weighted by Crippen LogP contribution is 2.32. The highest BCUT2D eigenvalue weighted by molar-refractivity contribution is 6.03. The average Bonchev–Trinajstić information content (AvgIpc) is 2.97. The molecule has 0 saturated carbocycles. The normalized spacial score (nSPS) is 20.9. The van der Waals surface area contributed by atoms with Gasteiger partial charge in [-0.15, -0.1) is 0 Å². The first kappa shape index (κ1) is 16.7. The largest absolute Gasteiger partial charge is 0.506 e. The van der Waals surface area contributed by atoms with Gasteiger partial charge >= 0.3 is 0 Å². The number of rotatable bonds is 4. The Balaban J connectivity index is 1.86. The molecule has 5 nitrogen and oxygen atoms in total. The van der Waals surface area contributed by atoms with Crippen LogP contribution in [0.4, 0.5) is 0 Å². The molecule has 1 aliphatic rings. The third-order valence-corrected chi connectivity index (χ3v) is 4.83. The fraction of sp³-hybridized carbons (Fsp3) is 0.421. The summed E-state index contributed by atoms with van der Waals surface area (Å²) < 4.78 is 0. The molecule has 2 aromatic carbocycles. The van der Waals surface area contributed by atoms with Crippen molar-refractivity contribution in [3.05, 3.63) is 42.0 Å². The predicted molar refractivity (Wildman–Crippen MR) is 94.1 cm³/mol. The number of phenolic OH excluding ortho intramolecular Hbond substituents is 1. The van der Waals surface area contributed by atoms with E-state index in [-0.39, 0.29) is 30.1 Å². The van der Waals surface area contributed by atoms with Crippen molar-refractivity contribution in [1.82, 2.24) is 9.80 Å². The molecule has 2 aromatic rings. The van der Waals surface area contributed by atoms with Crippen molar-refractivity contribution in [3.63, 3.8) is 0 Å². The average molecular weight is 328 g/mol. The van der Waals surface area contributed by atoms with Gasteiger partial charge in [0.25, 0.3) is 5.91 Å². The molecular formula is C19H24N2O3. The first-order valence-corrected chi connectivity index (χ1v) is 8.27. The van der Waals surface area contributed by atoms with E-state index in [0.29, 0.717) is 24.0 Å². The molecule has 1 heterocycles.